The normalized spacial score (nSPS) is 15.8. The Morgan fingerprint density at radius 1 is 1.13 bits per heavy atom. The summed E-state index contributed by atoms with van der Waals surface area (Å²) in [5.74, 6) is 0.00214. The van der Waals surface area contributed by atoms with E-state index in [4.69, 9.17) is 0 Å². The number of halogens is 2. The molecule has 30 heavy (non-hydrogen) atoms. The van der Waals surface area contributed by atoms with E-state index in [1.54, 1.807) is 26.1 Å². The lowest BCUT2D eigenvalue weighted by molar-refractivity contribution is 0.282. The molecule has 0 bridgehead atoms. The molecule has 172 valence electrons. The largest absolute Gasteiger partial charge is 0.356 e. The number of hydrogen-bond donors (Lipinski definition) is 3. The molecule has 3 N–H and O–H groups in total. The number of sulfonamides is 1. The molecule has 1 fully saturated rings. The molecular weight excluding hydrogens is 520 g/mol. The molecule has 0 aliphatic carbocycles. The number of aryl methyl sites for hydroxylation is 1. The minimum atomic E-state index is -3.58. The second-order valence-electron chi connectivity index (χ2n) is 7.42. The number of guanidine groups is 1. The number of anilines is 1. The van der Waals surface area contributed by atoms with Crippen LogP contribution in [0.1, 0.15) is 37.7 Å². The fourth-order valence-corrected chi connectivity index (χ4v) is 4.24. The highest BCUT2D eigenvalue weighted by Crippen LogP contribution is 2.15. The van der Waals surface area contributed by atoms with E-state index >= 15 is 0 Å². The van der Waals surface area contributed by atoms with Crippen molar-refractivity contribution in [3.05, 3.63) is 29.6 Å². The second-order valence-corrected chi connectivity index (χ2v) is 9.26. The third-order valence-electron chi connectivity index (χ3n) is 4.97. The lowest BCUT2D eigenvalue weighted by atomic mass is 10.2. The molecule has 0 saturated carbocycles. The van der Waals surface area contributed by atoms with Crippen LogP contribution in [0.2, 0.25) is 0 Å². The number of likely N-dealkylation sites (tertiary alicyclic amines) is 1. The molecule has 2 rings (SSSR count). The van der Waals surface area contributed by atoms with Crippen molar-refractivity contribution >= 4 is 45.6 Å². The van der Waals surface area contributed by atoms with Crippen molar-refractivity contribution in [3.8, 4) is 0 Å². The predicted molar refractivity (Wildman–Crippen MR) is 133 cm³/mol. The van der Waals surface area contributed by atoms with E-state index in [0.29, 0.717) is 11.5 Å². The maximum absolute atomic E-state index is 13.6. The summed E-state index contributed by atoms with van der Waals surface area (Å²) < 4.78 is 40.3. The first-order valence-corrected chi connectivity index (χ1v) is 12.0. The van der Waals surface area contributed by atoms with E-state index in [1.165, 1.54) is 44.8 Å². The van der Waals surface area contributed by atoms with Gasteiger partial charge in [-0.3, -0.25) is 9.71 Å². The molecule has 1 heterocycles. The lowest BCUT2D eigenvalue weighted by Gasteiger charge is -2.20. The zero-order valence-corrected chi connectivity index (χ0v) is 21.1. The smallest absolute Gasteiger partial charge is 0.234 e. The fourth-order valence-electron chi connectivity index (χ4n) is 3.28. The van der Waals surface area contributed by atoms with Crippen molar-refractivity contribution in [1.82, 2.24) is 15.5 Å². The Balaban J connectivity index is 0.00000450. The predicted octanol–water partition coefficient (Wildman–Crippen LogP) is 2.92. The molecule has 10 heteroatoms. The van der Waals surface area contributed by atoms with Crippen LogP contribution in [-0.2, 0) is 10.0 Å². The van der Waals surface area contributed by atoms with E-state index < -0.39 is 15.8 Å². The van der Waals surface area contributed by atoms with E-state index in [1.807, 2.05) is 0 Å². The molecule has 1 aromatic carbocycles. The van der Waals surface area contributed by atoms with Crippen LogP contribution in [-0.4, -0.2) is 64.8 Å². The van der Waals surface area contributed by atoms with E-state index in [9.17, 15) is 12.8 Å². The average molecular weight is 556 g/mol. The van der Waals surface area contributed by atoms with Crippen molar-refractivity contribution in [3.63, 3.8) is 0 Å². The zero-order valence-electron chi connectivity index (χ0n) is 17.9. The highest BCUT2D eigenvalue weighted by atomic mass is 127. The Kier molecular flexibility index (Phi) is 12.6. The van der Waals surface area contributed by atoms with Crippen molar-refractivity contribution < 1.29 is 12.8 Å². The Morgan fingerprint density at radius 3 is 2.43 bits per heavy atom. The van der Waals surface area contributed by atoms with E-state index in [-0.39, 0.29) is 42.0 Å². The van der Waals surface area contributed by atoms with Crippen LogP contribution in [0.3, 0.4) is 0 Å². The summed E-state index contributed by atoms with van der Waals surface area (Å²) in [4.78, 5) is 6.64. The van der Waals surface area contributed by atoms with Crippen LogP contribution >= 0.6 is 24.0 Å². The Hall–Kier alpha value is -1.14. The summed E-state index contributed by atoms with van der Waals surface area (Å²) in [6.07, 6.45) is 6.26. The van der Waals surface area contributed by atoms with Crippen LogP contribution in [0.4, 0.5) is 10.1 Å². The van der Waals surface area contributed by atoms with Gasteiger partial charge in [-0.25, -0.2) is 12.8 Å². The fraction of sp³-hybridized carbons (Fsp3) is 0.650. The van der Waals surface area contributed by atoms with Gasteiger partial charge in [0.05, 0.1) is 11.4 Å². The maximum atomic E-state index is 13.6. The Labute approximate surface area is 197 Å². The summed E-state index contributed by atoms with van der Waals surface area (Å²) in [5.41, 5.74) is 0.699. The summed E-state index contributed by atoms with van der Waals surface area (Å²) in [7, 11) is -1.92. The van der Waals surface area contributed by atoms with Crippen LogP contribution in [0.15, 0.2) is 23.2 Å². The van der Waals surface area contributed by atoms with Gasteiger partial charge in [0.25, 0.3) is 0 Å². The molecule has 0 radical (unpaired) electrons. The highest BCUT2D eigenvalue weighted by molar-refractivity contribution is 14.0. The lowest BCUT2D eigenvalue weighted by Crippen LogP contribution is -2.41. The first-order chi connectivity index (χ1) is 13.9. The van der Waals surface area contributed by atoms with Gasteiger partial charge in [-0.2, -0.15) is 0 Å². The number of nitrogens with zero attached hydrogens (tertiary/aromatic N) is 2. The molecule has 0 aromatic heterocycles. The number of aliphatic imine (C=N–C) groups is 1. The second kappa shape index (κ2) is 14.0. The Bertz CT molecular complexity index is 768. The van der Waals surface area contributed by atoms with E-state index in [2.05, 4.69) is 25.2 Å². The van der Waals surface area contributed by atoms with Gasteiger partial charge < -0.3 is 15.5 Å². The first-order valence-electron chi connectivity index (χ1n) is 10.3. The van der Waals surface area contributed by atoms with Gasteiger partial charge in [-0.1, -0.05) is 18.9 Å². The van der Waals surface area contributed by atoms with Gasteiger partial charge in [0.2, 0.25) is 10.0 Å². The molecule has 7 nitrogen and oxygen atoms in total. The van der Waals surface area contributed by atoms with Gasteiger partial charge in [-0.15, -0.1) is 24.0 Å². The average Bonchev–Trinajstić information content (AvgIpc) is 2.95. The van der Waals surface area contributed by atoms with Crippen molar-refractivity contribution in [2.45, 2.75) is 39.0 Å². The van der Waals surface area contributed by atoms with Crippen LogP contribution in [0.25, 0.3) is 0 Å². The molecular formula is C20H35FIN5O2S. The number of nitrogens with one attached hydrogen (secondary N) is 3. The van der Waals surface area contributed by atoms with Crippen LogP contribution in [0.5, 0.6) is 0 Å². The third kappa shape index (κ3) is 10.3. The molecule has 0 amide bonds. The number of hydrogen-bond acceptors (Lipinski definition) is 4. The number of rotatable bonds is 9. The Morgan fingerprint density at radius 2 is 1.80 bits per heavy atom. The molecule has 1 aliphatic rings. The summed E-state index contributed by atoms with van der Waals surface area (Å²) >= 11 is 0. The van der Waals surface area contributed by atoms with Gasteiger partial charge in [0.15, 0.2) is 5.96 Å². The molecule has 1 aliphatic heterocycles. The van der Waals surface area contributed by atoms with Crippen molar-refractivity contribution in [1.29, 1.82) is 0 Å². The molecule has 0 unspecified atom stereocenters. The van der Waals surface area contributed by atoms with Gasteiger partial charge in [-0.05, 0) is 63.5 Å². The van der Waals surface area contributed by atoms with Crippen molar-refractivity contribution in [2.24, 2.45) is 4.99 Å². The van der Waals surface area contributed by atoms with Crippen LogP contribution < -0.4 is 15.4 Å². The SMILES string of the molecule is CN=C(NCCCN1CCCCCC1)NCCS(=O)(=O)Nc1ccc(C)c(F)c1.I. The molecule has 1 saturated heterocycles. The summed E-state index contributed by atoms with van der Waals surface area (Å²) in [5, 5.41) is 6.23. The molecule has 0 spiro atoms. The number of benzene rings is 1. The molecule has 0 atom stereocenters. The van der Waals surface area contributed by atoms with Gasteiger partial charge in [0.1, 0.15) is 5.82 Å². The maximum Gasteiger partial charge on any atom is 0.234 e. The third-order valence-corrected chi connectivity index (χ3v) is 6.26. The topological polar surface area (TPSA) is 85.8 Å². The van der Waals surface area contributed by atoms with Gasteiger partial charge >= 0.3 is 0 Å². The highest BCUT2D eigenvalue weighted by Gasteiger charge is 2.12. The summed E-state index contributed by atoms with van der Waals surface area (Å²) in [6.45, 7) is 6.05. The standard InChI is InChI=1S/C20H34FN5O2S.HI/c1-17-8-9-18(16-19(17)21)25-29(27,28)15-11-24-20(22-2)23-10-7-14-26-12-5-3-4-6-13-26;/h8-9,16,25H,3-7,10-15H2,1-2H3,(H2,22,23,24);1H. The minimum Gasteiger partial charge on any atom is -0.356 e. The zero-order chi connectivity index (χ0) is 21.1. The first kappa shape index (κ1) is 26.9. The van der Waals surface area contributed by atoms with Gasteiger partial charge in [0, 0.05) is 20.1 Å². The quantitative estimate of drug-likeness (QED) is 0.189. The summed E-state index contributed by atoms with van der Waals surface area (Å²) in [6, 6.07) is 4.28. The monoisotopic (exact) mass is 555 g/mol. The molecule has 1 aromatic rings. The van der Waals surface area contributed by atoms with Crippen molar-refractivity contribution in [2.75, 3.05) is 50.2 Å². The van der Waals surface area contributed by atoms with E-state index in [0.717, 1.165) is 19.5 Å². The van der Waals surface area contributed by atoms with Crippen LogP contribution in [0, 0.1) is 12.7 Å². The minimum absolute atomic E-state index is 0.